The molecule has 7 heteroatoms. The Morgan fingerprint density at radius 1 is 1.18 bits per heavy atom. The van der Waals surface area contributed by atoms with Crippen molar-refractivity contribution in [2.24, 2.45) is 5.10 Å². The van der Waals surface area contributed by atoms with Crippen LogP contribution in [0.2, 0.25) is 0 Å². The number of phenols is 3. The van der Waals surface area contributed by atoms with Gasteiger partial charge in [0.25, 0.3) is 5.91 Å². The Morgan fingerprint density at radius 3 is 2.50 bits per heavy atom. The number of phenolic OH excluding ortho intramolecular Hbond substituents is 3. The van der Waals surface area contributed by atoms with Crippen LogP contribution in [0.5, 0.6) is 23.0 Å². The summed E-state index contributed by atoms with van der Waals surface area (Å²) in [5.41, 5.74) is 2.92. The normalized spacial score (nSPS) is 10.6. The van der Waals surface area contributed by atoms with E-state index in [0.717, 1.165) is 17.7 Å². The number of aromatic hydroxyl groups is 3. The van der Waals surface area contributed by atoms with Gasteiger partial charge in [-0.1, -0.05) is 12.1 Å². The van der Waals surface area contributed by atoms with Crippen LogP contribution < -0.4 is 10.2 Å². The summed E-state index contributed by atoms with van der Waals surface area (Å²) in [6.07, 6.45) is 1.42. The number of carbonyl (C=O) groups excluding carboxylic acids is 1. The summed E-state index contributed by atoms with van der Waals surface area (Å²) in [6.45, 7) is 0. The van der Waals surface area contributed by atoms with Gasteiger partial charge < -0.3 is 20.1 Å². The summed E-state index contributed by atoms with van der Waals surface area (Å²) >= 11 is 0. The number of benzene rings is 2. The summed E-state index contributed by atoms with van der Waals surface area (Å²) in [6, 6.07) is 9.09. The fraction of sp³-hybridized carbons (Fsp3) is 0.0667. The van der Waals surface area contributed by atoms with E-state index in [9.17, 15) is 20.1 Å². The van der Waals surface area contributed by atoms with E-state index in [2.05, 4.69) is 10.5 Å². The highest BCUT2D eigenvalue weighted by Crippen LogP contribution is 2.35. The average Bonchev–Trinajstić information content (AvgIpc) is 2.52. The summed E-state index contributed by atoms with van der Waals surface area (Å²) in [4.78, 5) is 11.8. The maximum atomic E-state index is 11.8. The number of methoxy groups -OCH3 is 1. The van der Waals surface area contributed by atoms with Crippen LogP contribution in [0.3, 0.4) is 0 Å². The number of amides is 1. The third kappa shape index (κ3) is 3.45. The lowest BCUT2D eigenvalue weighted by molar-refractivity contribution is 0.0954. The van der Waals surface area contributed by atoms with Crippen molar-refractivity contribution in [3.8, 4) is 23.0 Å². The predicted octanol–water partition coefficient (Wildman–Crippen LogP) is 1.58. The van der Waals surface area contributed by atoms with Crippen molar-refractivity contribution < 1.29 is 24.9 Å². The molecule has 1 amide bonds. The Balaban J connectivity index is 2.07. The number of rotatable bonds is 4. The summed E-state index contributed by atoms with van der Waals surface area (Å²) in [5.74, 6) is -1.87. The Bertz CT molecular complexity index is 705. The van der Waals surface area contributed by atoms with Crippen LogP contribution in [0.15, 0.2) is 41.5 Å². The second-order valence-electron chi connectivity index (χ2n) is 4.34. The van der Waals surface area contributed by atoms with Gasteiger partial charge in [0.2, 0.25) is 0 Å². The number of nitrogens with zero attached hydrogens (tertiary/aromatic N) is 1. The molecule has 0 radical (unpaired) electrons. The molecule has 0 saturated carbocycles. The first-order valence-electron chi connectivity index (χ1n) is 6.23. The van der Waals surface area contributed by atoms with E-state index in [4.69, 9.17) is 4.74 Å². The molecule has 7 nitrogen and oxygen atoms in total. The van der Waals surface area contributed by atoms with E-state index in [1.165, 1.54) is 6.21 Å². The molecule has 0 heterocycles. The first kappa shape index (κ1) is 15.2. The second-order valence-corrected chi connectivity index (χ2v) is 4.34. The highest BCUT2D eigenvalue weighted by molar-refractivity contribution is 5.96. The molecule has 2 aromatic rings. The molecule has 114 valence electrons. The first-order chi connectivity index (χ1) is 10.5. The van der Waals surface area contributed by atoms with Crippen molar-refractivity contribution in [2.45, 2.75) is 0 Å². The SMILES string of the molecule is COc1cccc(/C=N/NC(=O)c2cc(O)c(O)c(O)c2)c1. The standard InChI is InChI=1S/C15H14N2O5/c1-22-11-4-2-3-9(5-11)8-16-17-15(21)10-6-12(18)14(20)13(19)7-10/h2-8,18-20H,1H3,(H,17,21)/b16-8+. The molecule has 0 bridgehead atoms. The number of hydrazone groups is 1. The van der Waals surface area contributed by atoms with Gasteiger partial charge in [-0.3, -0.25) is 4.79 Å². The van der Waals surface area contributed by atoms with Gasteiger partial charge in [-0.25, -0.2) is 5.43 Å². The van der Waals surface area contributed by atoms with Gasteiger partial charge >= 0.3 is 0 Å². The van der Waals surface area contributed by atoms with Crippen molar-refractivity contribution in [3.05, 3.63) is 47.5 Å². The molecule has 2 rings (SSSR count). The molecule has 0 atom stereocenters. The van der Waals surface area contributed by atoms with Crippen LogP contribution in [-0.4, -0.2) is 34.6 Å². The van der Waals surface area contributed by atoms with Crippen LogP contribution in [-0.2, 0) is 0 Å². The molecule has 0 aliphatic heterocycles. The molecule has 0 unspecified atom stereocenters. The summed E-state index contributed by atoms with van der Waals surface area (Å²) in [7, 11) is 1.54. The molecule has 22 heavy (non-hydrogen) atoms. The average molecular weight is 302 g/mol. The van der Waals surface area contributed by atoms with Crippen LogP contribution in [0.1, 0.15) is 15.9 Å². The minimum atomic E-state index is -0.684. The molecule has 0 aliphatic rings. The van der Waals surface area contributed by atoms with Crippen molar-refractivity contribution in [1.82, 2.24) is 5.43 Å². The molecular weight excluding hydrogens is 288 g/mol. The molecule has 0 aliphatic carbocycles. The van der Waals surface area contributed by atoms with Gasteiger partial charge in [0, 0.05) is 5.56 Å². The van der Waals surface area contributed by atoms with Gasteiger partial charge in [0.05, 0.1) is 13.3 Å². The van der Waals surface area contributed by atoms with Gasteiger partial charge in [-0.2, -0.15) is 5.10 Å². The number of hydrogen-bond donors (Lipinski definition) is 4. The highest BCUT2D eigenvalue weighted by Gasteiger charge is 2.12. The van der Waals surface area contributed by atoms with Crippen molar-refractivity contribution in [3.63, 3.8) is 0 Å². The number of carbonyl (C=O) groups is 1. The Morgan fingerprint density at radius 2 is 1.86 bits per heavy atom. The van der Waals surface area contributed by atoms with Crippen LogP contribution in [0.4, 0.5) is 0 Å². The van der Waals surface area contributed by atoms with E-state index < -0.39 is 23.2 Å². The molecule has 0 fully saturated rings. The molecule has 4 N–H and O–H groups in total. The fourth-order valence-corrected chi connectivity index (χ4v) is 1.69. The zero-order valence-electron chi connectivity index (χ0n) is 11.6. The van der Waals surface area contributed by atoms with Crippen LogP contribution >= 0.6 is 0 Å². The molecule has 2 aromatic carbocycles. The van der Waals surface area contributed by atoms with E-state index in [-0.39, 0.29) is 5.56 Å². The highest BCUT2D eigenvalue weighted by atomic mass is 16.5. The van der Waals surface area contributed by atoms with Gasteiger partial charge in [0.15, 0.2) is 17.2 Å². The topological polar surface area (TPSA) is 111 Å². The van der Waals surface area contributed by atoms with E-state index in [1.807, 2.05) is 0 Å². The minimum Gasteiger partial charge on any atom is -0.504 e. The van der Waals surface area contributed by atoms with Crippen molar-refractivity contribution in [2.75, 3.05) is 7.11 Å². The van der Waals surface area contributed by atoms with Gasteiger partial charge in [-0.05, 0) is 29.8 Å². The molecular formula is C15H14N2O5. The third-order valence-electron chi connectivity index (χ3n) is 2.81. The lowest BCUT2D eigenvalue weighted by atomic mass is 10.2. The van der Waals surface area contributed by atoms with Crippen molar-refractivity contribution in [1.29, 1.82) is 0 Å². The molecule has 0 spiro atoms. The van der Waals surface area contributed by atoms with Gasteiger partial charge in [0.1, 0.15) is 5.75 Å². The fourth-order valence-electron chi connectivity index (χ4n) is 1.69. The third-order valence-corrected chi connectivity index (χ3v) is 2.81. The zero-order valence-corrected chi connectivity index (χ0v) is 11.6. The van der Waals surface area contributed by atoms with Gasteiger partial charge in [-0.15, -0.1) is 0 Å². The Kier molecular flexibility index (Phi) is 4.47. The van der Waals surface area contributed by atoms with E-state index >= 15 is 0 Å². The molecule has 0 aromatic heterocycles. The number of nitrogens with one attached hydrogen (secondary N) is 1. The predicted molar refractivity (Wildman–Crippen MR) is 79.5 cm³/mol. The monoisotopic (exact) mass is 302 g/mol. The zero-order chi connectivity index (χ0) is 16.1. The lowest BCUT2D eigenvalue weighted by Crippen LogP contribution is -2.17. The smallest absolute Gasteiger partial charge is 0.271 e. The van der Waals surface area contributed by atoms with Crippen LogP contribution in [0, 0.1) is 0 Å². The van der Waals surface area contributed by atoms with E-state index in [0.29, 0.717) is 5.75 Å². The van der Waals surface area contributed by atoms with Crippen molar-refractivity contribution >= 4 is 12.1 Å². The Hall–Kier alpha value is -3.22. The summed E-state index contributed by atoms with van der Waals surface area (Å²) < 4.78 is 5.06. The van der Waals surface area contributed by atoms with Crippen LogP contribution in [0.25, 0.3) is 0 Å². The largest absolute Gasteiger partial charge is 0.504 e. The maximum absolute atomic E-state index is 11.8. The lowest BCUT2D eigenvalue weighted by Gasteiger charge is -2.04. The van der Waals surface area contributed by atoms with E-state index in [1.54, 1.807) is 31.4 Å². The first-order valence-corrected chi connectivity index (χ1v) is 6.23. The molecule has 0 saturated heterocycles. The number of hydrogen-bond acceptors (Lipinski definition) is 6. The second kappa shape index (κ2) is 6.49. The summed E-state index contributed by atoms with van der Waals surface area (Å²) in [5, 5.41) is 31.7. The Labute approximate surface area is 126 Å². The number of ether oxygens (including phenoxy) is 1. The maximum Gasteiger partial charge on any atom is 0.271 e. The quantitative estimate of drug-likeness (QED) is 0.389. The minimum absolute atomic E-state index is 0.0457.